The van der Waals surface area contributed by atoms with Crippen LogP contribution >= 0.6 is 27.5 Å². The van der Waals surface area contributed by atoms with Crippen molar-refractivity contribution in [2.75, 3.05) is 13.6 Å². The van der Waals surface area contributed by atoms with Gasteiger partial charge in [-0.1, -0.05) is 33.6 Å². The molecule has 0 spiro atoms. The van der Waals surface area contributed by atoms with Crippen LogP contribution in [0, 0.1) is 0 Å². The van der Waals surface area contributed by atoms with Crippen molar-refractivity contribution in [2.45, 2.75) is 26.4 Å². The number of carbonyl (C=O) groups excluding carboxylic acids is 1. The number of carbonyl (C=O) groups is 1. The monoisotopic (exact) mass is 332 g/mol. The summed E-state index contributed by atoms with van der Waals surface area (Å²) in [5.74, 6) is 0.0886. The molecule has 0 aliphatic heterocycles. The second-order valence-corrected chi connectivity index (χ2v) is 5.51. The van der Waals surface area contributed by atoms with Gasteiger partial charge < -0.3 is 10.2 Å². The van der Waals surface area contributed by atoms with Gasteiger partial charge in [-0.2, -0.15) is 0 Å². The standard InChI is InChI=1S/C13H18BrClN2O/c1-4-17(3)13(18)9(2)16-8-10-5-6-11(14)7-12(10)15/h5-7,9,16H,4,8H2,1-3H3. The Balaban J connectivity index is 2.57. The van der Waals surface area contributed by atoms with E-state index in [0.29, 0.717) is 18.1 Å². The molecule has 0 radical (unpaired) electrons. The number of halogens is 2. The fraction of sp³-hybridized carbons (Fsp3) is 0.462. The summed E-state index contributed by atoms with van der Waals surface area (Å²) in [7, 11) is 1.80. The number of amides is 1. The highest BCUT2D eigenvalue weighted by Gasteiger charge is 2.15. The highest BCUT2D eigenvalue weighted by Crippen LogP contribution is 2.21. The predicted molar refractivity (Wildman–Crippen MR) is 78.8 cm³/mol. The van der Waals surface area contributed by atoms with Gasteiger partial charge in [0.1, 0.15) is 0 Å². The second kappa shape index (κ2) is 7.12. The lowest BCUT2D eigenvalue weighted by Crippen LogP contribution is -2.42. The molecule has 5 heteroatoms. The number of hydrogen-bond acceptors (Lipinski definition) is 2. The van der Waals surface area contributed by atoms with Crippen LogP contribution in [0.5, 0.6) is 0 Å². The van der Waals surface area contributed by atoms with Crippen LogP contribution in [-0.4, -0.2) is 30.4 Å². The molecule has 18 heavy (non-hydrogen) atoms. The van der Waals surface area contributed by atoms with Gasteiger partial charge >= 0.3 is 0 Å². The maximum atomic E-state index is 11.9. The van der Waals surface area contributed by atoms with Gasteiger partial charge in [-0.05, 0) is 31.5 Å². The topological polar surface area (TPSA) is 32.3 Å². The Morgan fingerprint density at radius 2 is 2.22 bits per heavy atom. The molecule has 100 valence electrons. The maximum Gasteiger partial charge on any atom is 0.239 e. The fourth-order valence-corrected chi connectivity index (χ4v) is 2.24. The molecule has 0 bridgehead atoms. The minimum atomic E-state index is -0.213. The summed E-state index contributed by atoms with van der Waals surface area (Å²) in [4.78, 5) is 13.6. The van der Waals surface area contributed by atoms with Crippen molar-refractivity contribution < 1.29 is 4.79 Å². The summed E-state index contributed by atoms with van der Waals surface area (Å²) < 4.78 is 0.950. The van der Waals surface area contributed by atoms with Crippen molar-refractivity contribution in [3.05, 3.63) is 33.3 Å². The van der Waals surface area contributed by atoms with Crippen molar-refractivity contribution >= 4 is 33.4 Å². The van der Waals surface area contributed by atoms with E-state index in [1.54, 1.807) is 11.9 Å². The number of likely N-dealkylation sites (N-methyl/N-ethyl adjacent to an activating group) is 1. The van der Waals surface area contributed by atoms with Crippen molar-refractivity contribution in [3.8, 4) is 0 Å². The van der Waals surface area contributed by atoms with Gasteiger partial charge in [0.25, 0.3) is 0 Å². The average Bonchev–Trinajstić information content (AvgIpc) is 2.35. The maximum absolute atomic E-state index is 11.9. The van der Waals surface area contributed by atoms with Gasteiger partial charge in [-0.15, -0.1) is 0 Å². The Bertz CT molecular complexity index is 425. The number of rotatable bonds is 5. The van der Waals surface area contributed by atoms with Crippen LogP contribution < -0.4 is 5.32 Å². The number of nitrogens with one attached hydrogen (secondary N) is 1. The van der Waals surface area contributed by atoms with E-state index in [2.05, 4.69) is 21.2 Å². The summed E-state index contributed by atoms with van der Waals surface area (Å²) in [6.45, 7) is 5.11. The molecule has 0 aliphatic rings. The van der Waals surface area contributed by atoms with Crippen LogP contribution in [-0.2, 0) is 11.3 Å². The Hall–Kier alpha value is -0.580. The molecule has 1 unspecified atom stereocenters. The number of hydrogen-bond donors (Lipinski definition) is 1. The van der Waals surface area contributed by atoms with Gasteiger partial charge in [-0.3, -0.25) is 4.79 Å². The van der Waals surface area contributed by atoms with E-state index < -0.39 is 0 Å². The van der Waals surface area contributed by atoms with Gasteiger partial charge in [0.05, 0.1) is 6.04 Å². The van der Waals surface area contributed by atoms with Gasteiger partial charge in [0.2, 0.25) is 5.91 Å². The average molecular weight is 334 g/mol. The van der Waals surface area contributed by atoms with Crippen LogP contribution in [0.2, 0.25) is 5.02 Å². The predicted octanol–water partition coefficient (Wildman–Crippen LogP) is 3.06. The highest BCUT2D eigenvalue weighted by molar-refractivity contribution is 9.10. The van der Waals surface area contributed by atoms with Crippen LogP contribution in [0.4, 0.5) is 0 Å². The van der Waals surface area contributed by atoms with Crippen molar-refractivity contribution in [1.82, 2.24) is 10.2 Å². The molecule has 1 aromatic carbocycles. The van der Waals surface area contributed by atoms with Crippen LogP contribution in [0.3, 0.4) is 0 Å². The molecule has 1 aromatic rings. The minimum absolute atomic E-state index is 0.0886. The summed E-state index contributed by atoms with van der Waals surface area (Å²) >= 11 is 9.48. The lowest BCUT2D eigenvalue weighted by Gasteiger charge is -2.20. The van der Waals surface area contributed by atoms with Gasteiger partial charge in [-0.25, -0.2) is 0 Å². The number of benzene rings is 1. The molecule has 3 nitrogen and oxygen atoms in total. The summed E-state index contributed by atoms with van der Waals surface area (Å²) in [5.41, 5.74) is 0.985. The molecule has 0 saturated heterocycles. The summed E-state index contributed by atoms with van der Waals surface area (Å²) in [6, 6.07) is 5.52. The molecule has 0 aromatic heterocycles. The first-order chi connectivity index (χ1) is 8.45. The summed E-state index contributed by atoms with van der Waals surface area (Å²) in [6.07, 6.45) is 0. The largest absolute Gasteiger partial charge is 0.345 e. The van der Waals surface area contributed by atoms with Crippen molar-refractivity contribution in [2.24, 2.45) is 0 Å². The van der Waals surface area contributed by atoms with E-state index in [9.17, 15) is 4.79 Å². The SMILES string of the molecule is CCN(C)C(=O)C(C)NCc1ccc(Br)cc1Cl. The first-order valence-electron chi connectivity index (χ1n) is 5.88. The van der Waals surface area contributed by atoms with Crippen LogP contribution in [0.1, 0.15) is 19.4 Å². The zero-order valence-electron chi connectivity index (χ0n) is 10.8. The third-order valence-corrected chi connectivity index (χ3v) is 3.68. The van der Waals surface area contributed by atoms with E-state index in [-0.39, 0.29) is 11.9 Å². The van der Waals surface area contributed by atoms with Crippen molar-refractivity contribution in [3.63, 3.8) is 0 Å². The molecule has 1 rings (SSSR count). The van der Waals surface area contributed by atoms with E-state index in [4.69, 9.17) is 11.6 Å². The number of nitrogens with zero attached hydrogens (tertiary/aromatic N) is 1. The van der Waals surface area contributed by atoms with E-state index in [0.717, 1.165) is 10.0 Å². The van der Waals surface area contributed by atoms with E-state index >= 15 is 0 Å². The van der Waals surface area contributed by atoms with Crippen LogP contribution in [0.15, 0.2) is 22.7 Å². The molecule has 0 fully saturated rings. The quantitative estimate of drug-likeness (QED) is 0.898. The van der Waals surface area contributed by atoms with Crippen LogP contribution in [0.25, 0.3) is 0 Å². The molecule has 1 amide bonds. The first-order valence-corrected chi connectivity index (χ1v) is 7.05. The smallest absolute Gasteiger partial charge is 0.239 e. The first kappa shape index (κ1) is 15.5. The lowest BCUT2D eigenvalue weighted by molar-refractivity contribution is -0.131. The molecular formula is C13H18BrClN2O. The zero-order valence-corrected chi connectivity index (χ0v) is 13.2. The zero-order chi connectivity index (χ0) is 13.7. The Morgan fingerprint density at radius 3 is 2.78 bits per heavy atom. The molecule has 0 heterocycles. The molecule has 0 aliphatic carbocycles. The highest BCUT2D eigenvalue weighted by atomic mass is 79.9. The normalized spacial score (nSPS) is 12.3. The fourth-order valence-electron chi connectivity index (χ4n) is 1.50. The molecule has 1 atom stereocenters. The van der Waals surface area contributed by atoms with E-state index in [1.165, 1.54) is 0 Å². The molecular weight excluding hydrogens is 316 g/mol. The minimum Gasteiger partial charge on any atom is -0.345 e. The molecule has 0 saturated carbocycles. The van der Waals surface area contributed by atoms with Gasteiger partial charge in [0, 0.05) is 29.6 Å². The van der Waals surface area contributed by atoms with E-state index in [1.807, 2.05) is 32.0 Å². The van der Waals surface area contributed by atoms with Crippen molar-refractivity contribution in [1.29, 1.82) is 0 Å². The van der Waals surface area contributed by atoms with Gasteiger partial charge in [0.15, 0.2) is 0 Å². The Morgan fingerprint density at radius 1 is 1.56 bits per heavy atom. The lowest BCUT2D eigenvalue weighted by atomic mass is 10.2. The summed E-state index contributed by atoms with van der Waals surface area (Å²) in [5, 5.41) is 3.88. The Labute approximate surface area is 122 Å². The third kappa shape index (κ3) is 4.26. The second-order valence-electron chi connectivity index (χ2n) is 4.19. The molecule has 1 N–H and O–H groups in total. The third-order valence-electron chi connectivity index (χ3n) is 2.83. The Kier molecular flexibility index (Phi) is 6.12.